The second-order valence-electron chi connectivity index (χ2n) is 9.89. The number of nitrogens with one attached hydrogen (secondary N) is 2. The Hall–Kier alpha value is -4.41. The number of carbonyl (C=O) groups is 3. The largest absolute Gasteiger partial charge is 0.465 e. The molecule has 3 aromatic carbocycles. The molecule has 10 nitrogen and oxygen atoms in total. The second-order valence-corrected chi connectivity index (χ2v) is 9.89. The number of hydrogen-bond donors (Lipinski definition) is 4. The SMILES string of the molecule is COC(=O)N[C@@H](Cc1cccc(-c2ccccc2)c1)C(=O)Nc1ccccc1CC[C@@H]1CN(C(=O)O)C[C@@H](CO)O1. The van der Waals surface area contributed by atoms with Gasteiger partial charge in [0.25, 0.3) is 0 Å². The van der Waals surface area contributed by atoms with Crippen molar-refractivity contribution in [2.45, 2.75) is 37.5 Å². The van der Waals surface area contributed by atoms with E-state index in [0.717, 1.165) is 22.3 Å². The third kappa shape index (κ3) is 8.29. The van der Waals surface area contributed by atoms with Gasteiger partial charge in [0, 0.05) is 12.1 Å². The van der Waals surface area contributed by atoms with E-state index in [-0.39, 0.29) is 26.1 Å². The van der Waals surface area contributed by atoms with Gasteiger partial charge in [0.05, 0.1) is 39.0 Å². The summed E-state index contributed by atoms with van der Waals surface area (Å²) < 4.78 is 10.6. The fourth-order valence-corrected chi connectivity index (χ4v) is 4.89. The van der Waals surface area contributed by atoms with E-state index in [9.17, 15) is 24.6 Å². The number of benzene rings is 3. The van der Waals surface area contributed by atoms with Crippen LogP contribution in [0.3, 0.4) is 0 Å². The molecule has 0 saturated carbocycles. The number of amides is 3. The van der Waals surface area contributed by atoms with Crippen molar-refractivity contribution in [3.8, 4) is 11.1 Å². The number of methoxy groups -OCH3 is 1. The normalized spacial score (nSPS) is 17.4. The van der Waals surface area contributed by atoms with Gasteiger partial charge < -0.3 is 35.2 Å². The molecule has 0 unspecified atom stereocenters. The minimum atomic E-state index is -1.05. The lowest BCUT2D eigenvalue weighted by Gasteiger charge is -2.36. The number of anilines is 1. The molecule has 3 atom stereocenters. The summed E-state index contributed by atoms with van der Waals surface area (Å²) in [5.41, 5.74) is 4.33. The molecule has 0 bridgehead atoms. The molecule has 1 fully saturated rings. The van der Waals surface area contributed by atoms with Crippen molar-refractivity contribution in [1.29, 1.82) is 0 Å². The van der Waals surface area contributed by atoms with Gasteiger partial charge in [-0.2, -0.15) is 0 Å². The first-order valence-electron chi connectivity index (χ1n) is 13.5. The number of carbonyl (C=O) groups excluding carboxylic acids is 2. The van der Waals surface area contributed by atoms with Crippen molar-refractivity contribution in [3.05, 3.63) is 90.0 Å². The monoisotopic (exact) mass is 561 g/mol. The molecular weight excluding hydrogens is 526 g/mol. The number of rotatable bonds is 10. The molecule has 41 heavy (non-hydrogen) atoms. The maximum Gasteiger partial charge on any atom is 0.407 e. The highest BCUT2D eigenvalue weighted by Gasteiger charge is 2.30. The van der Waals surface area contributed by atoms with Gasteiger partial charge in [-0.05, 0) is 41.2 Å². The topological polar surface area (TPSA) is 137 Å². The average Bonchev–Trinajstić information content (AvgIpc) is 3.00. The first-order valence-corrected chi connectivity index (χ1v) is 13.5. The number of aliphatic hydroxyl groups is 1. The lowest BCUT2D eigenvalue weighted by atomic mass is 9.99. The Bertz CT molecular complexity index is 1330. The zero-order chi connectivity index (χ0) is 29.2. The van der Waals surface area contributed by atoms with E-state index in [0.29, 0.717) is 18.5 Å². The van der Waals surface area contributed by atoms with Gasteiger partial charge >= 0.3 is 12.2 Å². The molecule has 1 heterocycles. The molecule has 3 amide bonds. The zero-order valence-corrected chi connectivity index (χ0v) is 22.9. The Morgan fingerprint density at radius 2 is 1.68 bits per heavy atom. The number of alkyl carbamates (subject to hydrolysis) is 1. The first-order chi connectivity index (χ1) is 19.9. The van der Waals surface area contributed by atoms with E-state index in [1.807, 2.05) is 66.7 Å². The van der Waals surface area contributed by atoms with Crippen molar-refractivity contribution >= 4 is 23.8 Å². The highest BCUT2D eigenvalue weighted by atomic mass is 16.5. The highest BCUT2D eigenvalue weighted by Crippen LogP contribution is 2.23. The molecule has 4 rings (SSSR count). The smallest absolute Gasteiger partial charge is 0.407 e. The fraction of sp³-hybridized carbons (Fsp3) is 0.323. The average molecular weight is 562 g/mol. The number of carboxylic acid groups (broad SMARTS) is 1. The Labute approximate surface area is 238 Å². The fourth-order valence-electron chi connectivity index (χ4n) is 4.89. The van der Waals surface area contributed by atoms with Crippen LogP contribution in [0.1, 0.15) is 17.5 Å². The van der Waals surface area contributed by atoms with Crippen LogP contribution in [0.15, 0.2) is 78.9 Å². The van der Waals surface area contributed by atoms with Crippen LogP contribution in [0.25, 0.3) is 11.1 Å². The maximum absolute atomic E-state index is 13.5. The van der Waals surface area contributed by atoms with Crippen LogP contribution < -0.4 is 10.6 Å². The van der Waals surface area contributed by atoms with Crippen molar-refractivity contribution in [2.24, 2.45) is 0 Å². The molecule has 0 aromatic heterocycles. The molecule has 3 aromatic rings. The zero-order valence-electron chi connectivity index (χ0n) is 22.9. The number of aryl methyl sites for hydroxylation is 1. The number of nitrogens with zero attached hydrogens (tertiary/aromatic N) is 1. The third-order valence-electron chi connectivity index (χ3n) is 6.99. The van der Waals surface area contributed by atoms with E-state index in [1.165, 1.54) is 12.0 Å². The quantitative estimate of drug-likeness (QED) is 0.294. The van der Waals surface area contributed by atoms with Crippen LogP contribution in [-0.4, -0.2) is 78.3 Å². The van der Waals surface area contributed by atoms with E-state index in [1.54, 1.807) is 12.1 Å². The Kier molecular flexibility index (Phi) is 10.3. The number of hydrogen-bond acceptors (Lipinski definition) is 6. The number of aliphatic hydroxyl groups excluding tert-OH is 1. The summed E-state index contributed by atoms with van der Waals surface area (Å²) in [7, 11) is 1.25. The van der Waals surface area contributed by atoms with Gasteiger partial charge in [-0.1, -0.05) is 72.8 Å². The summed E-state index contributed by atoms with van der Waals surface area (Å²) in [6.07, 6.45) is -1.51. The minimum Gasteiger partial charge on any atom is -0.465 e. The Morgan fingerprint density at radius 1 is 0.976 bits per heavy atom. The van der Waals surface area contributed by atoms with Gasteiger partial charge in [0.2, 0.25) is 5.91 Å². The van der Waals surface area contributed by atoms with Crippen molar-refractivity contribution < 1.29 is 34.1 Å². The van der Waals surface area contributed by atoms with Crippen LogP contribution in [0.4, 0.5) is 15.3 Å². The molecule has 1 aliphatic heterocycles. The summed E-state index contributed by atoms with van der Waals surface area (Å²) in [6, 6.07) is 24.1. The maximum atomic E-state index is 13.5. The van der Waals surface area contributed by atoms with Gasteiger partial charge in [0.1, 0.15) is 6.04 Å². The molecule has 4 N–H and O–H groups in total. The molecule has 0 radical (unpaired) electrons. The predicted molar refractivity (Wildman–Crippen MR) is 154 cm³/mol. The summed E-state index contributed by atoms with van der Waals surface area (Å²) in [5, 5.41) is 24.5. The standard InChI is InChI=1S/C31H35N3O7/c1-40-30(37)33-28(17-21-8-7-12-24(16-21)22-9-3-2-4-10-22)29(36)32-27-13-6-5-11-23(27)14-15-25-18-34(31(38)39)19-26(20-35)41-25/h2-13,16,25-26,28,35H,14-15,17-20H2,1H3,(H,32,36)(H,33,37)(H,38,39)/t25-,26+,28+/m1/s1. The van der Waals surface area contributed by atoms with Gasteiger partial charge in [-0.15, -0.1) is 0 Å². The molecule has 216 valence electrons. The number of ether oxygens (including phenoxy) is 2. The van der Waals surface area contributed by atoms with Crippen LogP contribution in [-0.2, 0) is 27.1 Å². The summed E-state index contributed by atoms with van der Waals surface area (Å²) >= 11 is 0. The summed E-state index contributed by atoms with van der Waals surface area (Å²) in [4.78, 5) is 38.4. The van der Waals surface area contributed by atoms with Crippen LogP contribution in [0.5, 0.6) is 0 Å². The van der Waals surface area contributed by atoms with E-state index in [4.69, 9.17) is 9.47 Å². The van der Waals surface area contributed by atoms with E-state index >= 15 is 0 Å². The molecule has 0 aliphatic carbocycles. The Balaban J connectivity index is 1.46. The van der Waals surface area contributed by atoms with Crippen molar-refractivity contribution in [1.82, 2.24) is 10.2 Å². The lowest BCUT2D eigenvalue weighted by molar-refractivity contribution is -0.118. The number of morpholine rings is 1. The molecule has 1 aliphatic rings. The van der Waals surface area contributed by atoms with Crippen LogP contribution in [0, 0.1) is 0 Å². The van der Waals surface area contributed by atoms with Gasteiger partial charge in [-0.3, -0.25) is 4.79 Å². The molecule has 0 spiro atoms. The van der Waals surface area contributed by atoms with Gasteiger partial charge in [-0.25, -0.2) is 9.59 Å². The summed E-state index contributed by atoms with van der Waals surface area (Å²) in [5.74, 6) is -0.403. The Morgan fingerprint density at radius 3 is 2.41 bits per heavy atom. The minimum absolute atomic E-state index is 0.123. The number of para-hydroxylation sites is 1. The molecule has 1 saturated heterocycles. The third-order valence-corrected chi connectivity index (χ3v) is 6.99. The van der Waals surface area contributed by atoms with Crippen LogP contribution >= 0.6 is 0 Å². The van der Waals surface area contributed by atoms with Crippen molar-refractivity contribution in [2.75, 3.05) is 32.1 Å². The lowest BCUT2D eigenvalue weighted by Crippen LogP contribution is -2.50. The first kappa shape index (κ1) is 29.6. The van der Waals surface area contributed by atoms with E-state index < -0.39 is 36.3 Å². The van der Waals surface area contributed by atoms with Crippen molar-refractivity contribution in [3.63, 3.8) is 0 Å². The highest BCUT2D eigenvalue weighted by molar-refractivity contribution is 5.97. The van der Waals surface area contributed by atoms with E-state index in [2.05, 4.69) is 10.6 Å². The molecular formula is C31H35N3O7. The predicted octanol–water partition coefficient (Wildman–Crippen LogP) is 3.93. The molecule has 10 heteroatoms. The second kappa shape index (κ2) is 14.3. The van der Waals surface area contributed by atoms with Crippen LogP contribution in [0.2, 0.25) is 0 Å². The summed E-state index contributed by atoms with van der Waals surface area (Å²) in [6.45, 7) is 0.0567. The van der Waals surface area contributed by atoms with Gasteiger partial charge in [0.15, 0.2) is 0 Å².